The summed E-state index contributed by atoms with van der Waals surface area (Å²) >= 11 is 0. The quantitative estimate of drug-likeness (QED) is 0.0491. The van der Waals surface area contributed by atoms with Crippen molar-refractivity contribution in [2.24, 2.45) is 0 Å². The number of ether oxygens (including phenoxy) is 7. The van der Waals surface area contributed by atoms with Crippen LogP contribution in [0.5, 0.6) is 69.0 Å². The number of aromatic hydroxyl groups is 11. The van der Waals surface area contributed by atoms with Crippen molar-refractivity contribution in [3.63, 3.8) is 0 Å². The standard InChI is InChI=1S/C41H28O27/c42-13-1-8(2-14(43)24(13)48)34(54)65-32-30-18-7-62-35(55)9-3-15(44)25(49)28(52)20(9)21-10(4-16(45)26(50)29(21)53)37(57)67-39(63-18)33(32)66-38(58)12-6-19(47)40(59,60)41(61)23(12)22-11(36(56)64-30)5-17(46)27(51)31(22)68-41/h1-6,18,23,30,32-33,39,42-46,48-53,59-61H,7H2/t18-,23-,30-,32+,33-,39+,41+/m1/s1. The molecule has 9 rings (SSSR count). The number of ketones is 1. The third kappa shape index (κ3) is 6.21. The van der Waals surface area contributed by atoms with E-state index in [1.165, 1.54) is 0 Å². The minimum Gasteiger partial charge on any atom is -0.504 e. The Morgan fingerprint density at radius 2 is 1.10 bits per heavy atom. The average molecular weight is 953 g/mol. The zero-order chi connectivity index (χ0) is 49.4. The molecule has 1 aliphatic carbocycles. The van der Waals surface area contributed by atoms with Gasteiger partial charge in [-0.1, -0.05) is 0 Å². The number of carbonyl (C=O) groups excluding carboxylic acids is 6. The molecule has 4 aromatic rings. The number of aliphatic hydroxyl groups is 3. The molecule has 4 heterocycles. The summed E-state index contributed by atoms with van der Waals surface area (Å²) in [5.41, 5.74) is -8.21. The third-order valence-electron chi connectivity index (χ3n) is 11.5. The summed E-state index contributed by atoms with van der Waals surface area (Å²) < 4.78 is 39.1. The number of rotatable bonds is 2. The molecule has 0 amide bonds. The van der Waals surface area contributed by atoms with Gasteiger partial charge in [-0.2, -0.15) is 0 Å². The second-order valence-electron chi connectivity index (χ2n) is 15.5. The molecule has 68 heavy (non-hydrogen) atoms. The highest BCUT2D eigenvalue weighted by atomic mass is 16.8. The van der Waals surface area contributed by atoms with E-state index < -0.39 is 204 Å². The fourth-order valence-corrected chi connectivity index (χ4v) is 8.26. The second kappa shape index (κ2) is 14.8. The Morgan fingerprint density at radius 1 is 0.588 bits per heavy atom. The molecule has 5 aliphatic rings. The number of phenols is 11. The lowest BCUT2D eigenvalue weighted by molar-refractivity contribution is -0.323. The van der Waals surface area contributed by atoms with Gasteiger partial charge >= 0.3 is 29.8 Å². The molecular formula is C41H28O27. The predicted molar refractivity (Wildman–Crippen MR) is 204 cm³/mol. The second-order valence-corrected chi connectivity index (χ2v) is 15.5. The first-order chi connectivity index (χ1) is 31.9. The minimum absolute atomic E-state index is 0.182. The molecule has 27 nitrogen and oxygen atoms in total. The number of hydrogen-bond acceptors (Lipinski definition) is 27. The lowest BCUT2D eigenvalue weighted by atomic mass is 9.74. The number of phenolic OH excluding ortho intramolecular Hbond substituents is 11. The Labute approximate surface area is 373 Å². The number of esters is 5. The number of cyclic esters (lactones) is 1. The zero-order valence-electron chi connectivity index (χ0n) is 33.2. The average Bonchev–Trinajstić information content (AvgIpc) is 3.61. The van der Waals surface area contributed by atoms with Crippen LogP contribution in [-0.4, -0.2) is 156 Å². The Kier molecular flexibility index (Phi) is 9.64. The topological polar surface area (TPSA) is 450 Å². The fourth-order valence-electron chi connectivity index (χ4n) is 8.26. The number of hydrogen-bond donors (Lipinski definition) is 14. The van der Waals surface area contributed by atoms with Crippen LogP contribution in [0.4, 0.5) is 0 Å². The van der Waals surface area contributed by atoms with Crippen molar-refractivity contribution in [1.82, 2.24) is 0 Å². The van der Waals surface area contributed by atoms with Gasteiger partial charge in [-0.15, -0.1) is 0 Å². The van der Waals surface area contributed by atoms with Crippen molar-refractivity contribution < 1.29 is 133 Å². The lowest BCUT2D eigenvalue weighted by Crippen LogP contribution is -2.66. The summed E-state index contributed by atoms with van der Waals surface area (Å²) in [5, 5.41) is 150. The molecule has 1 fully saturated rings. The van der Waals surface area contributed by atoms with E-state index in [0.29, 0.717) is 30.3 Å². The van der Waals surface area contributed by atoms with Crippen LogP contribution < -0.4 is 4.74 Å². The van der Waals surface area contributed by atoms with E-state index in [2.05, 4.69) is 0 Å². The number of carbonyl (C=O) groups is 6. The molecule has 0 aromatic heterocycles. The summed E-state index contributed by atoms with van der Waals surface area (Å²) in [4.78, 5) is 84.7. The minimum atomic E-state index is -4.03. The maximum absolute atomic E-state index is 14.6. The van der Waals surface area contributed by atoms with Crippen molar-refractivity contribution in [1.29, 1.82) is 0 Å². The summed E-state index contributed by atoms with van der Waals surface area (Å²) in [6.45, 7) is -1.29. The smallest absolute Gasteiger partial charge is 0.341 e. The molecule has 0 radical (unpaired) electrons. The van der Waals surface area contributed by atoms with E-state index in [1.807, 2.05) is 0 Å². The molecule has 27 heteroatoms. The monoisotopic (exact) mass is 952 g/mol. The van der Waals surface area contributed by atoms with Crippen LogP contribution in [0.15, 0.2) is 42.0 Å². The van der Waals surface area contributed by atoms with E-state index in [4.69, 9.17) is 33.2 Å². The Balaban J connectivity index is 1.29. The maximum atomic E-state index is 14.6. The van der Waals surface area contributed by atoms with Gasteiger partial charge in [0.25, 0.3) is 11.6 Å². The molecule has 0 spiro atoms. The molecule has 4 aliphatic heterocycles. The van der Waals surface area contributed by atoms with Gasteiger partial charge in [0.2, 0.25) is 35.4 Å². The molecule has 4 bridgehead atoms. The summed E-state index contributed by atoms with van der Waals surface area (Å²) in [6, 6.07) is 2.37. The Morgan fingerprint density at radius 3 is 1.71 bits per heavy atom. The van der Waals surface area contributed by atoms with E-state index in [9.17, 15) is 100 Å². The van der Waals surface area contributed by atoms with E-state index in [0.717, 1.165) is 0 Å². The van der Waals surface area contributed by atoms with Crippen molar-refractivity contribution in [3.05, 3.63) is 69.8 Å². The van der Waals surface area contributed by atoms with Crippen LogP contribution in [-0.2, 0) is 38.0 Å². The molecule has 0 saturated carbocycles. The van der Waals surface area contributed by atoms with Crippen LogP contribution in [0.2, 0.25) is 0 Å². The van der Waals surface area contributed by atoms with Gasteiger partial charge in [0.15, 0.2) is 64.0 Å². The third-order valence-corrected chi connectivity index (χ3v) is 11.5. The van der Waals surface area contributed by atoms with E-state index >= 15 is 0 Å². The van der Waals surface area contributed by atoms with Gasteiger partial charge in [-0.05, 0) is 36.4 Å². The largest absolute Gasteiger partial charge is 0.504 e. The highest BCUT2D eigenvalue weighted by molar-refractivity contribution is 6.09. The molecule has 7 atom stereocenters. The predicted octanol–water partition coefficient (Wildman–Crippen LogP) is -1.10. The fraction of sp³-hybridized carbons (Fsp3) is 0.220. The van der Waals surface area contributed by atoms with Gasteiger partial charge in [-0.3, -0.25) is 4.79 Å². The van der Waals surface area contributed by atoms with E-state index in [1.54, 1.807) is 0 Å². The first-order valence-electron chi connectivity index (χ1n) is 19.1. The van der Waals surface area contributed by atoms with Crippen molar-refractivity contribution in [2.75, 3.05) is 6.61 Å². The Hall–Kier alpha value is -8.92. The molecular weight excluding hydrogens is 924 g/mol. The first-order valence-corrected chi connectivity index (χ1v) is 19.1. The van der Waals surface area contributed by atoms with Gasteiger partial charge in [-0.25, -0.2) is 24.0 Å². The SMILES string of the molecule is O=C1O[C@H]2[C@@H]3OC(=O)c4cc(O)c(O)c(O)c4-c4c(cc(O)c(O)c4O)C(=O)OC[C@@H](O3)[C@@H](OC(=O)c3cc(O)c(O)c4c3[C@H]3C1=CC(=O)C(O)(O)[C@@]3(O)O4)[C@@H]2OC(=O)c1cc(O)c(O)c(O)c1. The van der Waals surface area contributed by atoms with E-state index in [-0.39, 0.29) is 6.08 Å². The number of fused-ring (bicyclic) bond motifs is 9. The highest BCUT2D eigenvalue weighted by Gasteiger charge is 2.70. The summed E-state index contributed by atoms with van der Waals surface area (Å²) in [5.74, 6) is -36.3. The van der Waals surface area contributed by atoms with Gasteiger partial charge < -0.3 is 105 Å². The summed E-state index contributed by atoms with van der Waals surface area (Å²) in [7, 11) is 0. The first kappa shape index (κ1) is 44.3. The summed E-state index contributed by atoms with van der Waals surface area (Å²) in [6.07, 6.45) is -12.2. The molecule has 354 valence electrons. The Bertz CT molecular complexity index is 3020. The van der Waals surface area contributed by atoms with Gasteiger partial charge in [0.05, 0.1) is 33.7 Å². The number of benzene rings is 4. The van der Waals surface area contributed by atoms with Crippen LogP contribution >= 0.6 is 0 Å². The molecule has 0 unspecified atom stereocenters. The van der Waals surface area contributed by atoms with Crippen molar-refractivity contribution >= 4 is 35.6 Å². The maximum Gasteiger partial charge on any atom is 0.341 e. The van der Waals surface area contributed by atoms with Gasteiger partial charge in [0, 0.05) is 16.7 Å². The van der Waals surface area contributed by atoms with Crippen LogP contribution in [0, 0.1) is 0 Å². The van der Waals surface area contributed by atoms with Crippen LogP contribution in [0.1, 0.15) is 52.9 Å². The molecule has 1 saturated heterocycles. The van der Waals surface area contributed by atoms with Crippen molar-refractivity contribution in [2.45, 2.75) is 48.2 Å². The van der Waals surface area contributed by atoms with Crippen LogP contribution in [0.25, 0.3) is 11.1 Å². The van der Waals surface area contributed by atoms with Crippen LogP contribution in [0.3, 0.4) is 0 Å². The molecule has 14 N–H and O–H groups in total. The lowest BCUT2D eigenvalue weighted by Gasteiger charge is -2.44. The van der Waals surface area contributed by atoms with Crippen molar-refractivity contribution in [3.8, 4) is 80.1 Å². The van der Waals surface area contributed by atoms with Gasteiger partial charge in [0.1, 0.15) is 12.7 Å². The molecule has 4 aromatic carbocycles. The normalized spacial score (nSPS) is 25.7. The highest BCUT2D eigenvalue weighted by Crippen LogP contribution is 2.60. The zero-order valence-corrected chi connectivity index (χ0v) is 33.2.